The van der Waals surface area contributed by atoms with Crippen molar-refractivity contribution in [3.63, 3.8) is 0 Å². The van der Waals surface area contributed by atoms with E-state index in [-0.39, 0.29) is 11.2 Å². The number of amides is 1. The van der Waals surface area contributed by atoms with Crippen LogP contribution in [0.5, 0.6) is 0 Å². The summed E-state index contributed by atoms with van der Waals surface area (Å²) in [7, 11) is 0. The van der Waals surface area contributed by atoms with Gasteiger partial charge in [-0.2, -0.15) is 0 Å². The van der Waals surface area contributed by atoms with E-state index < -0.39 is 0 Å². The van der Waals surface area contributed by atoms with Crippen LogP contribution in [0.2, 0.25) is 0 Å². The van der Waals surface area contributed by atoms with E-state index in [0.29, 0.717) is 16.9 Å². The molecule has 158 valence electrons. The van der Waals surface area contributed by atoms with Crippen molar-refractivity contribution in [3.05, 3.63) is 48.4 Å². The lowest BCUT2D eigenvalue weighted by atomic mass is 9.89. The molecule has 1 aliphatic carbocycles. The third-order valence-corrected chi connectivity index (χ3v) is 6.73. The third kappa shape index (κ3) is 4.61. The molecule has 0 spiro atoms. The van der Waals surface area contributed by atoms with Gasteiger partial charge < -0.3 is 9.73 Å². The Morgan fingerprint density at radius 1 is 1.20 bits per heavy atom. The van der Waals surface area contributed by atoms with Crippen LogP contribution in [-0.4, -0.2) is 32.5 Å². The summed E-state index contributed by atoms with van der Waals surface area (Å²) < 4.78 is 7.47. The van der Waals surface area contributed by atoms with Gasteiger partial charge in [0.15, 0.2) is 11.0 Å². The number of hydrogen-bond acceptors (Lipinski definition) is 5. The highest BCUT2D eigenvalue weighted by Gasteiger charge is 2.24. The number of carbonyl (C=O) groups excluding carboxylic acids is 1. The van der Waals surface area contributed by atoms with E-state index in [4.69, 9.17) is 4.42 Å². The Balaban J connectivity index is 1.53. The molecular formula is C23H28N4O2S. The molecule has 0 saturated heterocycles. The predicted molar refractivity (Wildman–Crippen MR) is 119 cm³/mol. The van der Waals surface area contributed by atoms with Gasteiger partial charge in [-0.3, -0.25) is 9.36 Å². The summed E-state index contributed by atoms with van der Waals surface area (Å²) in [5.41, 5.74) is 1.85. The van der Waals surface area contributed by atoms with Crippen molar-refractivity contribution in [2.45, 2.75) is 56.4 Å². The second-order valence-electron chi connectivity index (χ2n) is 7.88. The number of hydrogen-bond donors (Lipinski definition) is 1. The van der Waals surface area contributed by atoms with Gasteiger partial charge in [-0.15, -0.1) is 10.2 Å². The Labute approximate surface area is 181 Å². The van der Waals surface area contributed by atoms with Crippen molar-refractivity contribution >= 4 is 17.7 Å². The molecule has 2 aromatic heterocycles. The average Bonchev–Trinajstić information content (AvgIpc) is 3.39. The fourth-order valence-electron chi connectivity index (χ4n) is 3.94. The summed E-state index contributed by atoms with van der Waals surface area (Å²) in [6.07, 6.45) is 7.98. The van der Waals surface area contributed by atoms with Crippen molar-refractivity contribution in [3.8, 4) is 17.1 Å². The zero-order valence-electron chi connectivity index (χ0n) is 17.5. The fraction of sp³-hybridized carbons (Fsp3) is 0.435. The maximum atomic E-state index is 12.7. The molecule has 2 heterocycles. The minimum Gasteiger partial charge on any atom is -0.469 e. The lowest BCUT2D eigenvalue weighted by Crippen LogP contribution is -2.35. The zero-order valence-corrected chi connectivity index (χ0v) is 18.3. The van der Waals surface area contributed by atoms with E-state index in [9.17, 15) is 4.79 Å². The monoisotopic (exact) mass is 424 g/mol. The standard InChI is InChI=1S/C23H28N4O2S/c1-16-20(13-14-29-16)21-25-26-23(27(21)19-11-7-4-8-12-19)30-17(2)22(28)24-15-18-9-5-3-6-10-18/h4,7-8,11-14,17-18H,3,5-6,9-10,15H2,1-2H3,(H,24,28)/t17-/m0/s1. The van der Waals surface area contributed by atoms with Gasteiger partial charge in [0.2, 0.25) is 5.91 Å². The smallest absolute Gasteiger partial charge is 0.233 e. The Hall–Kier alpha value is -2.54. The largest absolute Gasteiger partial charge is 0.469 e. The SMILES string of the molecule is Cc1occc1-c1nnc(S[C@@H](C)C(=O)NCC2CCCCC2)n1-c1ccccc1. The molecule has 30 heavy (non-hydrogen) atoms. The summed E-state index contributed by atoms with van der Waals surface area (Å²) in [5.74, 6) is 2.16. The predicted octanol–water partition coefficient (Wildman–Crippen LogP) is 5.01. The molecule has 1 aliphatic rings. The molecule has 1 fully saturated rings. The number of furan rings is 1. The Morgan fingerprint density at radius 3 is 2.67 bits per heavy atom. The van der Waals surface area contributed by atoms with Gasteiger partial charge in [-0.1, -0.05) is 49.2 Å². The minimum atomic E-state index is -0.265. The molecule has 0 aliphatic heterocycles. The number of rotatable bonds is 7. The van der Waals surface area contributed by atoms with Gasteiger partial charge >= 0.3 is 0 Å². The number of nitrogens with one attached hydrogen (secondary N) is 1. The first-order valence-electron chi connectivity index (χ1n) is 10.6. The number of nitrogens with zero attached hydrogens (tertiary/aromatic N) is 3. The van der Waals surface area contributed by atoms with Gasteiger partial charge in [0.1, 0.15) is 5.76 Å². The zero-order chi connectivity index (χ0) is 20.9. The highest BCUT2D eigenvalue weighted by atomic mass is 32.2. The maximum Gasteiger partial charge on any atom is 0.233 e. The van der Waals surface area contributed by atoms with E-state index in [1.165, 1.54) is 43.9 Å². The normalized spacial score (nSPS) is 15.8. The van der Waals surface area contributed by atoms with Gasteiger partial charge in [-0.25, -0.2) is 0 Å². The Kier molecular flexibility index (Phi) is 6.57. The van der Waals surface area contributed by atoms with Gasteiger partial charge in [0, 0.05) is 12.2 Å². The van der Waals surface area contributed by atoms with Crippen molar-refractivity contribution in [1.82, 2.24) is 20.1 Å². The summed E-state index contributed by atoms with van der Waals surface area (Å²) in [5, 5.41) is 12.4. The van der Waals surface area contributed by atoms with Crippen LogP contribution in [0.3, 0.4) is 0 Å². The molecule has 4 rings (SSSR count). The number of carbonyl (C=O) groups is 1. The van der Waals surface area contributed by atoms with Crippen molar-refractivity contribution in [1.29, 1.82) is 0 Å². The average molecular weight is 425 g/mol. The van der Waals surface area contributed by atoms with Crippen molar-refractivity contribution in [2.75, 3.05) is 6.54 Å². The maximum absolute atomic E-state index is 12.7. The quantitative estimate of drug-likeness (QED) is 0.540. The van der Waals surface area contributed by atoms with Crippen molar-refractivity contribution < 1.29 is 9.21 Å². The number of thioether (sulfide) groups is 1. The number of aryl methyl sites for hydroxylation is 1. The molecule has 1 saturated carbocycles. The van der Waals surface area contributed by atoms with Crippen LogP contribution >= 0.6 is 11.8 Å². The number of benzene rings is 1. The van der Waals surface area contributed by atoms with E-state index in [1.807, 2.05) is 54.8 Å². The third-order valence-electron chi connectivity index (χ3n) is 5.69. The van der Waals surface area contributed by atoms with Crippen LogP contribution < -0.4 is 5.32 Å². The lowest BCUT2D eigenvalue weighted by Gasteiger charge is -2.22. The first kappa shape index (κ1) is 20.7. The second kappa shape index (κ2) is 9.51. The topological polar surface area (TPSA) is 72.9 Å². The molecule has 1 atom stereocenters. The van der Waals surface area contributed by atoms with Crippen LogP contribution in [0.4, 0.5) is 0 Å². The summed E-state index contributed by atoms with van der Waals surface area (Å²) in [6, 6.07) is 11.9. The highest BCUT2D eigenvalue weighted by Crippen LogP contribution is 2.32. The first-order chi connectivity index (χ1) is 14.6. The molecule has 0 radical (unpaired) electrons. The van der Waals surface area contributed by atoms with E-state index in [1.54, 1.807) is 6.26 Å². The van der Waals surface area contributed by atoms with Crippen LogP contribution in [0, 0.1) is 12.8 Å². The first-order valence-corrected chi connectivity index (χ1v) is 11.5. The Morgan fingerprint density at radius 2 is 1.97 bits per heavy atom. The van der Waals surface area contributed by atoms with Gasteiger partial charge in [0.05, 0.1) is 17.1 Å². The molecule has 6 nitrogen and oxygen atoms in total. The van der Waals surface area contributed by atoms with Crippen LogP contribution in [0.1, 0.15) is 44.8 Å². The molecule has 1 amide bonds. The van der Waals surface area contributed by atoms with Gasteiger partial charge in [-0.05, 0) is 50.8 Å². The molecule has 1 aromatic carbocycles. The molecule has 3 aromatic rings. The van der Waals surface area contributed by atoms with Crippen LogP contribution in [0.25, 0.3) is 17.1 Å². The number of aromatic nitrogens is 3. The molecule has 0 bridgehead atoms. The lowest BCUT2D eigenvalue weighted by molar-refractivity contribution is -0.120. The summed E-state index contributed by atoms with van der Waals surface area (Å²) in [4.78, 5) is 12.7. The molecular weight excluding hydrogens is 396 g/mol. The molecule has 7 heteroatoms. The van der Waals surface area contributed by atoms with Crippen LogP contribution in [0.15, 0.2) is 52.2 Å². The van der Waals surface area contributed by atoms with E-state index >= 15 is 0 Å². The molecule has 0 unspecified atom stereocenters. The minimum absolute atomic E-state index is 0.0502. The van der Waals surface area contributed by atoms with Gasteiger partial charge in [0.25, 0.3) is 0 Å². The fourth-order valence-corrected chi connectivity index (χ4v) is 4.83. The summed E-state index contributed by atoms with van der Waals surface area (Å²) >= 11 is 1.43. The van der Waals surface area contributed by atoms with Crippen molar-refractivity contribution in [2.24, 2.45) is 5.92 Å². The second-order valence-corrected chi connectivity index (χ2v) is 9.18. The summed E-state index contributed by atoms with van der Waals surface area (Å²) in [6.45, 7) is 4.61. The number of para-hydroxylation sites is 1. The molecule has 1 N–H and O–H groups in total. The Bertz CT molecular complexity index is 976. The van der Waals surface area contributed by atoms with Crippen LogP contribution in [-0.2, 0) is 4.79 Å². The van der Waals surface area contributed by atoms with E-state index in [2.05, 4.69) is 15.5 Å². The highest BCUT2D eigenvalue weighted by molar-refractivity contribution is 8.00. The van der Waals surface area contributed by atoms with E-state index in [0.717, 1.165) is 23.6 Å².